The van der Waals surface area contributed by atoms with Crippen LogP contribution in [0, 0.1) is 17.6 Å². The zero-order chi connectivity index (χ0) is 21.1. The molecule has 0 fully saturated rings. The zero-order valence-corrected chi connectivity index (χ0v) is 16.5. The van der Waals surface area contributed by atoms with Crippen molar-refractivity contribution < 1.29 is 23.1 Å². The summed E-state index contributed by atoms with van der Waals surface area (Å²) in [5, 5.41) is 2.70. The number of aromatic nitrogens is 2. The van der Waals surface area contributed by atoms with E-state index in [1.54, 1.807) is 0 Å². The maximum Gasteiger partial charge on any atom is 0.328 e. The Kier molecular flexibility index (Phi) is 6.14. The first-order chi connectivity index (χ1) is 13.9. The van der Waals surface area contributed by atoms with Gasteiger partial charge in [-0.25, -0.2) is 23.4 Å². The van der Waals surface area contributed by atoms with Crippen LogP contribution in [0.3, 0.4) is 0 Å². The molecular weight excluding hydrogens is 382 g/mol. The van der Waals surface area contributed by atoms with Gasteiger partial charge in [0.05, 0.1) is 19.1 Å². The maximum atomic E-state index is 14.6. The number of hydrogen-bond donors (Lipinski definition) is 2. The van der Waals surface area contributed by atoms with Crippen molar-refractivity contribution in [3.63, 3.8) is 0 Å². The minimum atomic E-state index is -0.920. The van der Waals surface area contributed by atoms with Gasteiger partial charge >= 0.3 is 12.0 Å². The Labute approximate surface area is 167 Å². The summed E-state index contributed by atoms with van der Waals surface area (Å²) in [5.74, 6) is -1.98. The predicted molar refractivity (Wildman–Crippen MR) is 101 cm³/mol. The number of H-pyrrole nitrogens is 1. The van der Waals surface area contributed by atoms with E-state index in [1.165, 1.54) is 18.3 Å². The molecule has 0 unspecified atom stereocenters. The lowest BCUT2D eigenvalue weighted by atomic mass is 9.95. The Balaban J connectivity index is 1.97. The first-order valence-electron chi connectivity index (χ1n) is 9.49. The van der Waals surface area contributed by atoms with E-state index in [0.29, 0.717) is 18.5 Å². The molecule has 2 aromatic rings. The standard InChI is InChI=1S/C20H24F2N4O3/c1-4-11(2)16(19(27)29-3)25-20(28)26-8-7-15-17(24-10-23-15)18(26)13-9-12(21)5-6-14(13)22/h5-6,9-11,16,18H,4,7-8H2,1-3H3,(H,23,24)(H,25,28)/t11-,16-,18-/m0/s1. The van der Waals surface area contributed by atoms with Gasteiger partial charge in [-0.15, -0.1) is 0 Å². The molecule has 29 heavy (non-hydrogen) atoms. The molecule has 2 N–H and O–H groups in total. The second-order valence-corrected chi connectivity index (χ2v) is 7.11. The third kappa shape index (κ3) is 4.08. The Bertz CT molecular complexity index is 902. The van der Waals surface area contributed by atoms with E-state index >= 15 is 0 Å². The number of carbonyl (C=O) groups is 2. The summed E-state index contributed by atoms with van der Waals surface area (Å²) in [5.41, 5.74) is 1.22. The number of aromatic amines is 1. The van der Waals surface area contributed by atoms with Gasteiger partial charge in [-0.3, -0.25) is 0 Å². The van der Waals surface area contributed by atoms with Crippen molar-refractivity contribution in [3.05, 3.63) is 53.1 Å². The Hall–Kier alpha value is -2.97. The van der Waals surface area contributed by atoms with E-state index in [9.17, 15) is 18.4 Å². The molecule has 0 radical (unpaired) electrons. The first-order valence-corrected chi connectivity index (χ1v) is 9.49. The molecule has 3 rings (SSSR count). The summed E-state index contributed by atoms with van der Waals surface area (Å²) in [7, 11) is 1.26. The van der Waals surface area contributed by atoms with Crippen LogP contribution >= 0.6 is 0 Å². The smallest absolute Gasteiger partial charge is 0.328 e. The second kappa shape index (κ2) is 8.59. The number of nitrogens with zero attached hydrogens (tertiary/aromatic N) is 2. The van der Waals surface area contributed by atoms with Crippen molar-refractivity contribution in [2.45, 2.75) is 38.8 Å². The number of carbonyl (C=O) groups excluding carboxylic acids is 2. The van der Waals surface area contributed by atoms with Crippen molar-refractivity contribution in [2.24, 2.45) is 5.92 Å². The van der Waals surface area contributed by atoms with Gasteiger partial charge in [-0.2, -0.15) is 0 Å². The molecule has 0 saturated carbocycles. The molecule has 1 aliphatic heterocycles. The average molecular weight is 406 g/mol. The lowest BCUT2D eigenvalue weighted by Gasteiger charge is -2.36. The van der Waals surface area contributed by atoms with Gasteiger partial charge in [-0.1, -0.05) is 20.3 Å². The lowest BCUT2D eigenvalue weighted by Crippen LogP contribution is -2.53. The quantitative estimate of drug-likeness (QED) is 0.748. The molecule has 0 bridgehead atoms. The molecule has 1 aromatic carbocycles. The van der Waals surface area contributed by atoms with Gasteiger partial charge in [0.15, 0.2) is 0 Å². The molecule has 0 aliphatic carbocycles. The molecule has 0 saturated heterocycles. The summed E-state index contributed by atoms with van der Waals surface area (Å²) in [6.45, 7) is 3.97. The van der Waals surface area contributed by atoms with Gasteiger partial charge < -0.3 is 19.9 Å². The highest BCUT2D eigenvalue weighted by Crippen LogP contribution is 2.35. The van der Waals surface area contributed by atoms with Gasteiger partial charge in [0, 0.05) is 24.2 Å². The van der Waals surface area contributed by atoms with Gasteiger partial charge in [0.1, 0.15) is 23.7 Å². The van der Waals surface area contributed by atoms with Crippen LogP contribution in [0.15, 0.2) is 24.5 Å². The van der Waals surface area contributed by atoms with Crippen LogP contribution in [-0.2, 0) is 16.0 Å². The van der Waals surface area contributed by atoms with Gasteiger partial charge in [-0.05, 0) is 24.1 Å². The molecule has 156 valence electrons. The Morgan fingerprint density at radius 2 is 2.17 bits per heavy atom. The number of imidazole rings is 1. The number of fused-ring (bicyclic) bond motifs is 1. The van der Waals surface area contributed by atoms with Crippen LogP contribution in [0.2, 0.25) is 0 Å². The normalized spacial score (nSPS) is 18.0. The zero-order valence-electron chi connectivity index (χ0n) is 16.5. The number of rotatable bonds is 5. The maximum absolute atomic E-state index is 14.6. The fourth-order valence-corrected chi connectivity index (χ4v) is 3.55. The van der Waals surface area contributed by atoms with E-state index in [0.717, 1.165) is 23.9 Å². The molecule has 9 heteroatoms. The third-order valence-electron chi connectivity index (χ3n) is 5.39. The van der Waals surface area contributed by atoms with Crippen LogP contribution in [0.1, 0.15) is 43.3 Å². The molecule has 2 amide bonds. The number of ether oxygens (including phenoxy) is 1. The van der Waals surface area contributed by atoms with Crippen molar-refractivity contribution in [2.75, 3.05) is 13.7 Å². The van der Waals surface area contributed by atoms with E-state index in [4.69, 9.17) is 4.74 Å². The molecule has 1 aromatic heterocycles. The summed E-state index contributed by atoms with van der Waals surface area (Å²) in [6.07, 6.45) is 2.58. The van der Waals surface area contributed by atoms with E-state index in [-0.39, 0.29) is 18.0 Å². The topological polar surface area (TPSA) is 87.3 Å². The highest BCUT2D eigenvalue weighted by molar-refractivity contribution is 5.84. The van der Waals surface area contributed by atoms with Crippen LogP contribution in [0.4, 0.5) is 13.6 Å². The number of esters is 1. The highest BCUT2D eigenvalue weighted by Gasteiger charge is 2.38. The monoisotopic (exact) mass is 406 g/mol. The number of nitrogens with one attached hydrogen (secondary N) is 2. The number of halogens is 2. The van der Waals surface area contributed by atoms with E-state index in [1.807, 2.05) is 13.8 Å². The summed E-state index contributed by atoms with van der Waals surface area (Å²) < 4.78 is 33.3. The summed E-state index contributed by atoms with van der Waals surface area (Å²) in [6, 6.07) is 0.776. The fraction of sp³-hybridized carbons (Fsp3) is 0.450. The van der Waals surface area contributed by atoms with E-state index < -0.39 is 35.7 Å². The van der Waals surface area contributed by atoms with Crippen molar-refractivity contribution in [1.82, 2.24) is 20.2 Å². The summed E-state index contributed by atoms with van der Waals surface area (Å²) >= 11 is 0. The van der Waals surface area contributed by atoms with Gasteiger partial charge in [0.2, 0.25) is 0 Å². The number of methoxy groups -OCH3 is 1. The minimum absolute atomic E-state index is 0.00589. The van der Waals surface area contributed by atoms with Crippen molar-refractivity contribution >= 4 is 12.0 Å². The van der Waals surface area contributed by atoms with Crippen LogP contribution in [0.25, 0.3) is 0 Å². The molecule has 0 spiro atoms. The largest absolute Gasteiger partial charge is 0.467 e. The lowest BCUT2D eigenvalue weighted by molar-refractivity contribution is -0.144. The predicted octanol–water partition coefficient (Wildman–Crippen LogP) is 2.93. The van der Waals surface area contributed by atoms with Crippen molar-refractivity contribution in [1.29, 1.82) is 0 Å². The molecule has 7 nitrogen and oxygen atoms in total. The second-order valence-electron chi connectivity index (χ2n) is 7.11. The fourth-order valence-electron chi connectivity index (χ4n) is 3.55. The number of urea groups is 1. The molecule has 2 heterocycles. The first kappa shape index (κ1) is 20.8. The van der Waals surface area contributed by atoms with E-state index in [2.05, 4.69) is 15.3 Å². The number of benzene rings is 1. The SMILES string of the molecule is CC[C@H](C)[C@H](NC(=O)N1CCc2[nH]cnc2[C@@H]1c1cc(F)ccc1F)C(=O)OC. The average Bonchev–Trinajstić information content (AvgIpc) is 3.20. The highest BCUT2D eigenvalue weighted by atomic mass is 19.1. The Morgan fingerprint density at radius 3 is 2.86 bits per heavy atom. The summed E-state index contributed by atoms with van der Waals surface area (Å²) in [4.78, 5) is 33.9. The number of amides is 2. The molecule has 3 atom stereocenters. The van der Waals surface area contributed by atoms with Gasteiger partial charge in [0.25, 0.3) is 0 Å². The third-order valence-corrected chi connectivity index (χ3v) is 5.39. The minimum Gasteiger partial charge on any atom is -0.467 e. The van der Waals surface area contributed by atoms with Crippen molar-refractivity contribution in [3.8, 4) is 0 Å². The molecular formula is C20H24F2N4O3. The van der Waals surface area contributed by atoms with Crippen LogP contribution < -0.4 is 5.32 Å². The number of hydrogen-bond acceptors (Lipinski definition) is 4. The molecule has 1 aliphatic rings. The Morgan fingerprint density at radius 1 is 1.41 bits per heavy atom. The van der Waals surface area contributed by atoms with Crippen LogP contribution in [0.5, 0.6) is 0 Å². The van der Waals surface area contributed by atoms with Crippen LogP contribution in [-0.4, -0.2) is 46.6 Å².